The summed E-state index contributed by atoms with van der Waals surface area (Å²) in [4.78, 5) is 0. The minimum Gasteiger partial charge on any atom is -0.368 e. The van der Waals surface area contributed by atoms with Gasteiger partial charge in [-0.1, -0.05) is 6.07 Å². The zero-order chi connectivity index (χ0) is 13.6. The van der Waals surface area contributed by atoms with E-state index >= 15 is 0 Å². The van der Waals surface area contributed by atoms with Gasteiger partial charge in [0.05, 0.1) is 12.1 Å². The van der Waals surface area contributed by atoms with Crippen molar-refractivity contribution in [3.05, 3.63) is 27.3 Å². The van der Waals surface area contributed by atoms with Gasteiger partial charge in [-0.15, -0.1) is 0 Å². The van der Waals surface area contributed by atoms with E-state index in [0.717, 1.165) is 18.5 Å². The maximum absolute atomic E-state index is 8.98. The fraction of sp³-hybridized carbons (Fsp3) is 0.429. The van der Waals surface area contributed by atoms with Crippen LogP contribution in [0.25, 0.3) is 0 Å². The molecule has 0 aliphatic rings. The molecule has 1 N–H and O–H groups in total. The Bertz CT molecular complexity index is 495. The minimum absolute atomic E-state index is 0.564. The lowest BCUT2D eigenvalue weighted by Crippen LogP contribution is -2.28. The predicted octanol–water partition coefficient (Wildman–Crippen LogP) is 3.85. The van der Waals surface area contributed by atoms with Gasteiger partial charge in [-0.05, 0) is 67.0 Å². The van der Waals surface area contributed by atoms with Crippen molar-refractivity contribution in [2.75, 3.05) is 5.32 Å². The highest BCUT2D eigenvalue weighted by molar-refractivity contribution is 14.1. The van der Waals surface area contributed by atoms with E-state index in [9.17, 15) is 0 Å². The van der Waals surface area contributed by atoms with Gasteiger partial charge < -0.3 is 5.32 Å². The van der Waals surface area contributed by atoms with E-state index in [2.05, 4.69) is 46.1 Å². The average Bonchev–Trinajstić information content (AvgIpc) is 2.32. The van der Waals surface area contributed by atoms with E-state index in [1.807, 2.05) is 26.0 Å². The Kier molecular flexibility index (Phi) is 5.43. The number of aryl methyl sites for hydroxylation is 1. The Balaban J connectivity index is 2.74. The SMILES string of the molecule is CC(C)(C#N)Nc1ccc(CCCC#N)c(I)c1. The summed E-state index contributed by atoms with van der Waals surface area (Å²) in [5.41, 5.74) is 1.65. The number of benzene rings is 1. The molecule has 94 valence electrons. The van der Waals surface area contributed by atoms with Gasteiger partial charge in [0.15, 0.2) is 0 Å². The summed E-state index contributed by atoms with van der Waals surface area (Å²) < 4.78 is 1.17. The van der Waals surface area contributed by atoms with Crippen LogP contribution in [0.15, 0.2) is 18.2 Å². The molecule has 1 aromatic rings. The van der Waals surface area contributed by atoms with Crippen LogP contribution in [0.1, 0.15) is 32.3 Å². The van der Waals surface area contributed by atoms with Crippen LogP contribution in [0.5, 0.6) is 0 Å². The molecular formula is C14H16IN3. The highest BCUT2D eigenvalue weighted by atomic mass is 127. The lowest BCUT2D eigenvalue weighted by Gasteiger charge is -2.19. The van der Waals surface area contributed by atoms with E-state index in [4.69, 9.17) is 10.5 Å². The number of rotatable bonds is 5. The number of anilines is 1. The van der Waals surface area contributed by atoms with E-state index in [1.165, 1.54) is 9.13 Å². The molecule has 0 aliphatic carbocycles. The number of nitrogens with zero attached hydrogens (tertiary/aromatic N) is 2. The van der Waals surface area contributed by atoms with Crippen LogP contribution >= 0.6 is 22.6 Å². The highest BCUT2D eigenvalue weighted by Gasteiger charge is 2.15. The summed E-state index contributed by atoms with van der Waals surface area (Å²) in [5, 5.41) is 20.7. The van der Waals surface area contributed by atoms with Crippen LogP contribution in [0.2, 0.25) is 0 Å². The van der Waals surface area contributed by atoms with Crippen molar-refractivity contribution in [3.63, 3.8) is 0 Å². The number of hydrogen-bond donors (Lipinski definition) is 1. The van der Waals surface area contributed by atoms with Crippen molar-refractivity contribution in [2.24, 2.45) is 0 Å². The number of unbranched alkanes of at least 4 members (excludes halogenated alkanes) is 1. The molecule has 0 spiro atoms. The quantitative estimate of drug-likeness (QED) is 0.646. The zero-order valence-electron chi connectivity index (χ0n) is 10.6. The largest absolute Gasteiger partial charge is 0.368 e. The van der Waals surface area contributed by atoms with Crippen LogP contribution < -0.4 is 5.32 Å². The molecule has 0 amide bonds. The first-order valence-corrected chi connectivity index (χ1v) is 6.91. The Hall–Kier alpha value is -1.27. The van der Waals surface area contributed by atoms with Crippen LogP contribution in [0, 0.1) is 26.2 Å². The highest BCUT2D eigenvalue weighted by Crippen LogP contribution is 2.22. The topological polar surface area (TPSA) is 59.6 Å². The van der Waals surface area contributed by atoms with Gasteiger partial charge in [-0.3, -0.25) is 0 Å². The summed E-state index contributed by atoms with van der Waals surface area (Å²) in [6.45, 7) is 3.70. The second-order valence-corrected chi connectivity index (χ2v) is 5.84. The van der Waals surface area contributed by atoms with E-state index < -0.39 is 5.54 Å². The smallest absolute Gasteiger partial charge is 0.119 e. The molecule has 3 nitrogen and oxygen atoms in total. The molecule has 0 aliphatic heterocycles. The van der Waals surface area contributed by atoms with Crippen molar-refractivity contribution in [1.29, 1.82) is 10.5 Å². The molecule has 4 heteroatoms. The fourth-order valence-electron chi connectivity index (χ4n) is 1.57. The van der Waals surface area contributed by atoms with Crippen molar-refractivity contribution < 1.29 is 0 Å². The van der Waals surface area contributed by atoms with E-state index in [1.54, 1.807) is 0 Å². The molecule has 0 saturated carbocycles. The molecule has 0 fully saturated rings. The maximum Gasteiger partial charge on any atom is 0.119 e. The number of nitriles is 2. The van der Waals surface area contributed by atoms with Crippen molar-refractivity contribution in [3.8, 4) is 12.1 Å². The monoisotopic (exact) mass is 353 g/mol. The molecule has 18 heavy (non-hydrogen) atoms. The third-order valence-electron chi connectivity index (χ3n) is 2.52. The first kappa shape index (κ1) is 14.8. The third kappa shape index (κ3) is 4.54. The molecule has 1 aromatic carbocycles. The summed E-state index contributed by atoms with van der Waals surface area (Å²) in [6.07, 6.45) is 2.41. The predicted molar refractivity (Wildman–Crippen MR) is 81.0 cm³/mol. The van der Waals surface area contributed by atoms with Gasteiger partial charge in [0, 0.05) is 15.7 Å². The summed E-state index contributed by atoms with van der Waals surface area (Å²) in [7, 11) is 0. The average molecular weight is 353 g/mol. The van der Waals surface area contributed by atoms with E-state index in [0.29, 0.717) is 6.42 Å². The van der Waals surface area contributed by atoms with Crippen molar-refractivity contribution in [2.45, 2.75) is 38.6 Å². The molecule has 0 heterocycles. The first-order chi connectivity index (χ1) is 8.48. The molecule has 0 bridgehead atoms. The zero-order valence-corrected chi connectivity index (χ0v) is 12.8. The number of halogens is 1. The third-order valence-corrected chi connectivity index (χ3v) is 3.53. The van der Waals surface area contributed by atoms with E-state index in [-0.39, 0.29) is 0 Å². The molecule has 0 unspecified atom stereocenters. The standard InChI is InChI=1S/C14H16IN3/c1-14(2,10-17)18-12-7-6-11(13(15)9-12)5-3-4-8-16/h6-7,9,18H,3-5H2,1-2H3. The molecule has 0 aromatic heterocycles. The molecule has 0 atom stereocenters. The lowest BCUT2D eigenvalue weighted by atomic mass is 10.1. The summed E-state index contributed by atoms with van der Waals surface area (Å²) in [5.74, 6) is 0. The lowest BCUT2D eigenvalue weighted by molar-refractivity contribution is 0.728. The van der Waals surface area contributed by atoms with Crippen LogP contribution in [0.3, 0.4) is 0 Å². The molecule has 1 rings (SSSR count). The van der Waals surface area contributed by atoms with Crippen LogP contribution in [-0.4, -0.2) is 5.54 Å². The second-order valence-electron chi connectivity index (χ2n) is 4.68. The summed E-state index contributed by atoms with van der Waals surface area (Å²) in [6, 6.07) is 10.5. The van der Waals surface area contributed by atoms with Gasteiger partial charge in [-0.25, -0.2) is 0 Å². The maximum atomic E-state index is 8.98. The summed E-state index contributed by atoms with van der Waals surface area (Å²) >= 11 is 2.30. The second kappa shape index (κ2) is 6.61. The Morgan fingerprint density at radius 3 is 2.61 bits per heavy atom. The van der Waals surface area contributed by atoms with Gasteiger partial charge >= 0.3 is 0 Å². The number of hydrogen-bond acceptors (Lipinski definition) is 3. The Labute approximate surface area is 122 Å². The molecule has 0 radical (unpaired) electrons. The first-order valence-electron chi connectivity index (χ1n) is 5.83. The fourth-order valence-corrected chi connectivity index (χ4v) is 2.36. The number of nitrogens with one attached hydrogen (secondary N) is 1. The minimum atomic E-state index is -0.564. The van der Waals surface area contributed by atoms with Crippen LogP contribution in [-0.2, 0) is 6.42 Å². The van der Waals surface area contributed by atoms with Gasteiger partial charge in [0.2, 0.25) is 0 Å². The van der Waals surface area contributed by atoms with Gasteiger partial charge in [0.25, 0.3) is 0 Å². The molecular weight excluding hydrogens is 337 g/mol. The van der Waals surface area contributed by atoms with Crippen LogP contribution in [0.4, 0.5) is 5.69 Å². The normalized spacial score (nSPS) is 10.5. The van der Waals surface area contributed by atoms with Gasteiger partial charge in [-0.2, -0.15) is 10.5 Å². The van der Waals surface area contributed by atoms with Crippen molar-refractivity contribution in [1.82, 2.24) is 0 Å². The van der Waals surface area contributed by atoms with Gasteiger partial charge in [0.1, 0.15) is 5.54 Å². The van der Waals surface area contributed by atoms with Crippen molar-refractivity contribution >= 4 is 28.3 Å². The Morgan fingerprint density at radius 2 is 2.06 bits per heavy atom. The molecule has 0 saturated heterocycles. The Morgan fingerprint density at radius 1 is 1.33 bits per heavy atom.